The summed E-state index contributed by atoms with van der Waals surface area (Å²) in [5, 5.41) is 7.30. The van der Waals surface area contributed by atoms with Gasteiger partial charge in [-0.25, -0.2) is 0 Å². The number of nitrogens with two attached hydrogens (primary N) is 1. The quantitative estimate of drug-likeness (QED) is 0.600. The molecule has 0 unspecified atom stereocenters. The smallest absolute Gasteiger partial charge is 0.0403 e. The Balaban J connectivity index is 1.91. The number of aryl methyl sites for hydroxylation is 1. The first-order valence-electron chi connectivity index (χ1n) is 6.68. The summed E-state index contributed by atoms with van der Waals surface area (Å²) in [4.78, 5) is 0. The third kappa shape index (κ3) is 3.32. The van der Waals surface area contributed by atoms with Crippen molar-refractivity contribution in [2.75, 3.05) is 5.73 Å². The van der Waals surface area contributed by atoms with Crippen LogP contribution in [0.5, 0.6) is 0 Å². The molecule has 1 aromatic rings. The van der Waals surface area contributed by atoms with E-state index in [1.807, 2.05) is 6.07 Å². The van der Waals surface area contributed by atoms with Gasteiger partial charge in [0.2, 0.25) is 0 Å². The largest absolute Gasteiger partial charge is 0.398 e. The second-order valence-electron chi connectivity index (χ2n) is 5.15. The van der Waals surface area contributed by atoms with Gasteiger partial charge < -0.3 is 11.1 Å². The van der Waals surface area contributed by atoms with Gasteiger partial charge in [-0.3, -0.25) is 0 Å². The molecule has 1 aliphatic rings. The lowest BCUT2D eigenvalue weighted by molar-refractivity contribution is 0.339. The topological polar surface area (TPSA) is 49.9 Å². The van der Waals surface area contributed by atoms with Crippen molar-refractivity contribution >= 4 is 11.9 Å². The maximum Gasteiger partial charge on any atom is 0.0403 e. The summed E-state index contributed by atoms with van der Waals surface area (Å²) >= 11 is 0. The second-order valence-corrected chi connectivity index (χ2v) is 5.15. The molecule has 0 amide bonds. The van der Waals surface area contributed by atoms with E-state index in [-0.39, 0.29) is 0 Å². The van der Waals surface area contributed by atoms with E-state index >= 15 is 0 Å². The molecule has 1 aromatic carbocycles. The average Bonchev–Trinajstić information content (AvgIpc) is 2.39. The van der Waals surface area contributed by atoms with Crippen LogP contribution >= 0.6 is 0 Å². The van der Waals surface area contributed by atoms with Gasteiger partial charge in [0, 0.05) is 17.5 Å². The molecular weight excluding hydrogens is 208 g/mol. The molecule has 0 atom stereocenters. The lowest BCUT2D eigenvalue weighted by Crippen LogP contribution is -2.07. The van der Waals surface area contributed by atoms with E-state index in [1.165, 1.54) is 50.3 Å². The first kappa shape index (κ1) is 12.2. The molecule has 2 nitrogen and oxygen atoms in total. The standard InChI is InChI=1S/C15H22N2/c16-11-14-10-13(8-9-15(14)17)7-6-12-4-2-1-3-5-12/h8-12,16H,1-7,17H2. The Morgan fingerprint density at radius 1 is 1.24 bits per heavy atom. The highest BCUT2D eigenvalue weighted by Crippen LogP contribution is 2.27. The van der Waals surface area contributed by atoms with Crippen molar-refractivity contribution in [1.29, 1.82) is 5.41 Å². The number of rotatable bonds is 4. The summed E-state index contributed by atoms with van der Waals surface area (Å²) in [5.74, 6) is 0.921. The summed E-state index contributed by atoms with van der Waals surface area (Å²) < 4.78 is 0. The zero-order chi connectivity index (χ0) is 12.1. The molecule has 0 saturated heterocycles. The van der Waals surface area contributed by atoms with Gasteiger partial charge in [-0.15, -0.1) is 0 Å². The van der Waals surface area contributed by atoms with Gasteiger partial charge in [0.05, 0.1) is 0 Å². The summed E-state index contributed by atoms with van der Waals surface area (Å²) in [6.45, 7) is 0. The van der Waals surface area contributed by atoms with Crippen molar-refractivity contribution < 1.29 is 0 Å². The SMILES string of the molecule is N=Cc1cc(CCC2CCCCC2)ccc1N. The van der Waals surface area contributed by atoms with Gasteiger partial charge >= 0.3 is 0 Å². The summed E-state index contributed by atoms with van der Waals surface area (Å²) in [7, 11) is 0. The van der Waals surface area contributed by atoms with Gasteiger partial charge in [0.25, 0.3) is 0 Å². The van der Waals surface area contributed by atoms with Crippen LogP contribution in [0.25, 0.3) is 0 Å². The van der Waals surface area contributed by atoms with Crippen LogP contribution in [0.15, 0.2) is 18.2 Å². The molecule has 0 aromatic heterocycles. The van der Waals surface area contributed by atoms with Crippen molar-refractivity contribution in [3.8, 4) is 0 Å². The predicted molar refractivity (Wildman–Crippen MR) is 73.6 cm³/mol. The summed E-state index contributed by atoms with van der Waals surface area (Å²) in [5.41, 5.74) is 8.67. The number of nitrogen functional groups attached to an aromatic ring is 1. The molecule has 0 radical (unpaired) electrons. The van der Waals surface area contributed by atoms with Crippen molar-refractivity contribution in [3.63, 3.8) is 0 Å². The number of hydrogen-bond donors (Lipinski definition) is 2. The van der Waals surface area contributed by atoms with Crippen LogP contribution in [0, 0.1) is 11.3 Å². The Morgan fingerprint density at radius 3 is 2.71 bits per heavy atom. The lowest BCUT2D eigenvalue weighted by Gasteiger charge is -2.21. The van der Waals surface area contributed by atoms with Gasteiger partial charge in [-0.05, 0) is 36.5 Å². The zero-order valence-electron chi connectivity index (χ0n) is 10.4. The molecule has 2 rings (SSSR count). The molecular formula is C15H22N2. The summed E-state index contributed by atoms with van der Waals surface area (Å²) in [6.07, 6.45) is 10.8. The van der Waals surface area contributed by atoms with Crippen molar-refractivity contribution in [2.45, 2.75) is 44.9 Å². The maximum absolute atomic E-state index is 7.30. The Morgan fingerprint density at radius 2 is 2.00 bits per heavy atom. The van der Waals surface area contributed by atoms with Crippen LogP contribution < -0.4 is 5.73 Å². The second kappa shape index (κ2) is 5.85. The Hall–Kier alpha value is -1.31. The van der Waals surface area contributed by atoms with Crippen LogP contribution in [-0.2, 0) is 6.42 Å². The van der Waals surface area contributed by atoms with Crippen LogP contribution in [0.2, 0.25) is 0 Å². The monoisotopic (exact) mass is 230 g/mol. The lowest BCUT2D eigenvalue weighted by atomic mass is 9.85. The Labute approximate surface area is 104 Å². The maximum atomic E-state index is 7.30. The molecule has 0 bridgehead atoms. The van der Waals surface area contributed by atoms with Gasteiger partial charge in [-0.2, -0.15) is 0 Å². The fourth-order valence-electron chi connectivity index (χ4n) is 2.75. The third-order valence-corrected chi connectivity index (χ3v) is 3.87. The van der Waals surface area contributed by atoms with Gasteiger partial charge in [0.15, 0.2) is 0 Å². The minimum absolute atomic E-state index is 0.710. The highest BCUT2D eigenvalue weighted by Gasteiger charge is 2.13. The molecule has 3 N–H and O–H groups in total. The molecule has 2 heteroatoms. The molecule has 0 heterocycles. The fraction of sp³-hybridized carbons (Fsp3) is 0.533. The minimum atomic E-state index is 0.710. The third-order valence-electron chi connectivity index (χ3n) is 3.87. The Kier molecular flexibility index (Phi) is 4.18. The number of nitrogens with one attached hydrogen (secondary N) is 1. The van der Waals surface area contributed by atoms with Crippen LogP contribution in [0.4, 0.5) is 5.69 Å². The Bertz CT molecular complexity index is 379. The molecule has 1 saturated carbocycles. The van der Waals surface area contributed by atoms with Gasteiger partial charge in [0.1, 0.15) is 0 Å². The number of hydrogen-bond acceptors (Lipinski definition) is 2. The molecule has 0 spiro atoms. The summed E-state index contributed by atoms with van der Waals surface area (Å²) in [6, 6.07) is 6.09. The molecule has 1 fully saturated rings. The van der Waals surface area contributed by atoms with E-state index in [1.54, 1.807) is 0 Å². The predicted octanol–water partition coefficient (Wildman–Crippen LogP) is 3.78. The highest BCUT2D eigenvalue weighted by molar-refractivity contribution is 5.85. The van der Waals surface area contributed by atoms with E-state index in [2.05, 4.69) is 12.1 Å². The highest BCUT2D eigenvalue weighted by atomic mass is 14.6. The zero-order valence-corrected chi connectivity index (χ0v) is 10.4. The van der Waals surface area contributed by atoms with Crippen molar-refractivity contribution in [1.82, 2.24) is 0 Å². The van der Waals surface area contributed by atoms with Crippen molar-refractivity contribution in [2.24, 2.45) is 5.92 Å². The molecule has 0 aliphatic heterocycles. The average molecular weight is 230 g/mol. The number of benzene rings is 1. The normalized spacial score (nSPS) is 16.9. The van der Waals surface area contributed by atoms with E-state index in [0.717, 1.165) is 17.9 Å². The minimum Gasteiger partial charge on any atom is -0.398 e. The van der Waals surface area contributed by atoms with Crippen molar-refractivity contribution in [3.05, 3.63) is 29.3 Å². The van der Waals surface area contributed by atoms with E-state index in [9.17, 15) is 0 Å². The van der Waals surface area contributed by atoms with E-state index < -0.39 is 0 Å². The molecule has 92 valence electrons. The van der Waals surface area contributed by atoms with Crippen LogP contribution in [0.1, 0.15) is 49.7 Å². The molecule has 17 heavy (non-hydrogen) atoms. The van der Waals surface area contributed by atoms with E-state index in [0.29, 0.717) is 5.69 Å². The number of anilines is 1. The first-order valence-corrected chi connectivity index (χ1v) is 6.68. The van der Waals surface area contributed by atoms with Gasteiger partial charge in [-0.1, -0.05) is 38.2 Å². The van der Waals surface area contributed by atoms with Crippen LogP contribution in [0.3, 0.4) is 0 Å². The fourth-order valence-corrected chi connectivity index (χ4v) is 2.75. The molecule has 1 aliphatic carbocycles. The van der Waals surface area contributed by atoms with Crippen LogP contribution in [-0.4, -0.2) is 6.21 Å². The first-order chi connectivity index (χ1) is 8.29. The van der Waals surface area contributed by atoms with E-state index in [4.69, 9.17) is 11.1 Å².